The molecule has 4 aromatic rings. The summed E-state index contributed by atoms with van der Waals surface area (Å²) < 4.78 is 15.3. The van der Waals surface area contributed by atoms with Gasteiger partial charge in [-0.25, -0.2) is 9.18 Å². The average molecular weight is 444 g/mol. The van der Waals surface area contributed by atoms with Gasteiger partial charge in [-0.1, -0.05) is 60.7 Å². The van der Waals surface area contributed by atoms with Crippen LogP contribution in [0.1, 0.15) is 34.6 Å². The SMILES string of the molecule is CC(NC(=O)c1nn(-c2ccc(F)cc2)c(=O)n(Cc2ccccc2)c1=O)c1ccccc1. The fraction of sp³-hybridized carbons (Fsp3) is 0.120. The Morgan fingerprint density at radius 2 is 1.55 bits per heavy atom. The van der Waals surface area contributed by atoms with Gasteiger partial charge in [0.05, 0.1) is 18.3 Å². The first kappa shape index (κ1) is 21.9. The number of halogens is 1. The van der Waals surface area contributed by atoms with Crippen LogP contribution >= 0.6 is 0 Å². The van der Waals surface area contributed by atoms with E-state index in [4.69, 9.17) is 0 Å². The zero-order valence-electron chi connectivity index (χ0n) is 17.8. The van der Waals surface area contributed by atoms with Gasteiger partial charge in [0.2, 0.25) is 5.69 Å². The van der Waals surface area contributed by atoms with Gasteiger partial charge in [0.1, 0.15) is 5.82 Å². The summed E-state index contributed by atoms with van der Waals surface area (Å²) in [5.41, 5.74) is -0.186. The Morgan fingerprint density at radius 3 is 2.18 bits per heavy atom. The molecule has 1 N–H and O–H groups in total. The van der Waals surface area contributed by atoms with Crippen LogP contribution in [0.5, 0.6) is 0 Å². The van der Waals surface area contributed by atoms with Gasteiger partial charge < -0.3 is 5.32 Å². The average Bonchev–Trinajstić information content (AvgIpc) is 2.83. The molecule has 0 saturated carbocycles. The van der Waals surface area contributed by atoms with Gasteiger partial charge in [-0.05, 0) is 42.3 Å². The predicted octanol–water partition coefficient (Wildman–Crippen LogP) is 3.07. The van der Waals surface area contributed by atoms with Gasteiger partial charge in [-0.3, -0.25) is 14.2 Å². The number of hydrogen-bond donors (Lipinski definition) is 1. The summed E-state index contributed by atoms with van der Waals surface area (Å²) in [5.74, 6) is -1.20. The van der Waals surface area contributed by atoms with E-state index in [1.165, 1.54) is 24.3 Å². The van der Waals surface area contributed by atoms with Gasteiger partial charge in [-0.15, -0.1) is 0 Å². The molecule has 0 aliphatic carbocycles. The van der Waals surface area contributed by atoms with Crippen LogP contribution in [0.2, 0.25) is 0 Å². The third-order valence-electron chi connectivity index (χ3n) is 5.18. The van der Waals surface area contributed by atoms with Crippen molar-refractivity contribution in [1.82, 2.24) is 19.7 Å². The Balaban J connectivity index is 1.80. The second-order valence-corrected chi connectivity index (χ2v) is 7.50. The number of carbonyl (C=O) groups is 1. The summed E-state index contributed by atoms with van der Waals surface area (Å²) in [6.07, 6.45) is 0. The lowest BCUT2D eigenvalue weighted by Crippen LogP contribution is -2.46. The largest absolute Gasteiger partial charge is 0.352 e. The zero-order valence-corrected chi connectivity index (χ0v) is 17.8. The van der Waals surface area contributed by atoms with E-state index >= 15 is 0 Å². The minimum absolute atomic E-state index is 0.0449. The van der Waals surface area contributed by atoms with Crippen molar-refractivity contribution in [2.45, 2.75) is 19.5 Å². The normalized spacial score (nSPS) is 11.7. The Kier molecular flexibility index (Phi) is 6.26. The third-order valence-corrected chi connectivity index (χ3v) is 5.18. The molecule has 33 heavy (non-hydrogen) atoms. The van der Waals surface area contributed by atoms with Crippen LogP contribution < -0.4 is 16.6 Å². The van der Waals surface area contributed by atoms with Crippen LogP contribution in [0, 0.1) is 5.82 Å². The number of nitrogens with zero attached hydrogens (tertiary/aromatic N) is 3. The Labute approximate surface area is 188 Å². The fourth-order valence-electron chi connectivity index (χ4n) is 3.40. The molecule has 1 heterocycles. The molecule has 0 radical (unpaired) electrons. The molecule has 1 atom stereocenters. The monoisotopic (exact) mass is 444 g/mol. The topological polar surface area (TPSA) is 86.0 Å². The van der Waals surface area contributed by atoms with E-state index in [9.17, 15) is 18.8 Å². The van der Waals surface area contributed by atoms with Crippen molar-refractivity contribution in [2.75, 3.05) is 0 Å². The first-order chi connectivity index (χ1) is 15.9. The first-order valence-corrected chi connectivity index (χ1v) is 10.3. The molecule has 166 valence electrons. The van der Waals surface area contributed by atoms with E-state index in [0.717, 1.165) is 14.8 Å². The molecule has 1 aromatic heterocycles. The minimum atomic E-state index is -0.806. The van der Waals surface area contributed by atoms with Crippen LogP contribution in [-0.4, -0.2) is 20.3 Å². The van der Waals surface area contributed by atoms with Crippen molar-refractivity contribution in [3.63, 3.8) is 0 Å². The summed E-state index contributed by atoms with van der Waals surface area (Å²) in [6.45, 7) is 1.74. The van der Waals surface area contributed by atoms with Crippen molar-refractivity contribution >= 4 is 5.91 Å². The van der Waals surface area contributed by atoms with E-state index in [-0.39, 0.29) is 12.2 Å². The van der Waals surface area contributed by atoms with E-state index in [1.54, 1.807) is 31.2 Å². The molecule has 0 aliphatic rings. The molecule has 4 rings (SSSR count). The van der Waals surface area contributed by atoms with Crippen LogP contribution in [0.15, 0.2) is 94.5 Å². The standard InChI is InChI=1S/C25H21FN4O3/c1-17(19-10-6-3-7-11-19)27-23(31)22-24(32)29(16-18-8-4-2-5-9-18)25(33)30(28-22)21-14-12-20(26)13-15-21/h2-15,17H,16H2,1H3,(H,27,31). The summed E-state index contributed by atoms with van der Waals surface area (Å²) in [6, 6.07) is 22.9. The van der Waals surface area contributed by atoms with Gasteiger partial charge in [-0.2, -0.15) is 9.78 Å². The van der Waals surface area contributed by atoms with Gasteiger partial charge in [0.25, 0.3) is 11.5 Å². The van der Waals surface area contributed by atoms with Crippen LogP contribution in [0.25, 0.3) is 5.69 Å². The molecule has 1 unspecified atom stereocenters. The van der Waals surface area contributed by atoms with Gasteiger partial charge in [0, 0.05) is 0 Å². The number of aromatic nitrogens is 3. The van der Waals surface area contributed by atoms with Crippen LogP contribution in [0.3, 0.4) is 0 Å². The predicted molar refractivity (Wildman–Crippen MR) is 122 cm³/mol. The van der Waals surface area contributed by atoms with Crippen molar-refractivity contribution in [3.05, 3.63) is 128 Å². The fourth-order valence-corrected chi connectivity index (χ4v) is 3.40. The molecular formula is C25H21FN4O3. The van der Waals surface area contributed by atoms with Crippen molar-refractivity contribution in [2.24, 2.45) is 0 Å². The molecule has 0 aliphatic heterocycles. The molecule has 0 spiro atoms. The molecule has 7 nitrogen and oxygen atoms in total. The number of rotatable bonds is 6. The number of amides is 1. The highest BCUT2D eigenvalue weighted by molar-refractivity contribution is 5.92. The second kappa shape index (κ2) is 9.44. The molecule has 0 saturated heterocycles. The van der Waals surface area contributed by atoms with Crippen molar-refractivity contribution in [1.29, 1.82) is 0 Å². The quantitative estimate of drug-likeness (QED) is 0.495. The highest BCUT2D eigenvalue weighted by Crippen LogP contribution is 2.12. The lowest BCUT2D eigenvalue weighted by atomic mass is 10.1. The second-order valence-electron chi connectivity index (χ2n) is 7.50. The number of nitrogens with one attached hydrogen (secondary N) is 1. The molecule has 8 heteroatoms. The van der Waals surface area contributed by atoms with Gasteiger partial charge in [0.15, 0.2) is 0 Å². The highest BCUT2D eigenvalue weighted by Gasteiger charge is 2.22. The molecule has 0 fully saturated rings. The summed E-state index contributed by atoms with van der Waals surface area (Å²) in [7, 11) is 0. The lowest BCUT2D eigenvalue weighted by Gasteiger charge is -2.15. The number of benzene rings is 3. The Hall–Kier alpha value is -4.33. The first-order valence-electron chi connectivity index (χ1n) is 10.3. The lowest BCUT2D eigenvalue weighted by molar-refractivity contribution is 0.0930. The van der Waals surface area contributed by atoms with E-state index in [2.05, 4.69) is 10.4 Å². The molecular weight excluding hydrogens is 423 g/mol. The van der Waals surface area contributed by atoms with E-state index in [1.807, 2.05) is 36.4 Å². The van der Waals surface area contributed by atoms with Crippen LogP contribution in [-0.2, 0) is 6.54 Å². The molecule has 0 bridgehead atoms. The minimum Gasteiger partial charge on any atom is -0.344 e. The maximum atomic E-state index is 13.4. The summed E-state index contributed by atoms with van der Waals surface area (Å²) in [4.78, 5) is 39.3. The maximum Gasteiger partial charge on any atom is 0.352 e. The van der Waals surface area contributed by atoms with Gasteiger partial charge >= 0.3 is 5.69 Å². The molecule has 3 aromatic carbocycles. The molecule has 1 amide bonds. The Morgan fingerprint density at radius 1 is 0.939 bits per heavy atom. The highest BCUT2D eigenvalue weighted by atomic mass is 19.1. The van der Waals surface area contributed by atoms with E-state index in [0.29, 0.717) is 5.56 Å². The summed E-state index contributed by atoms with van der Waals surface area (Å²) in [5, 5.41) is 6.82. The van der Waals surface area contributed by atoms with Crippen molar-refractivity contribution < 1.29 is 9.18 Å². The number of hydrogen-bond acceptors (Lipinski definition) is 4. The maximum absolute atomic E-state index is 13.4. The third kappa shape index (κ3) is 4.79. The number of carbonyl (C=O) groups excluding carboxylic acids is 1. The van der Waals surface area contributed by atoms with E-state index < -0.39 is 34.7 Å². The zero-order chi connectivity index (χ0) is 23.4. The summed E-state index contributed by atoms with van der Waals surface area (Å²) >= 11 is 0. The van der Waals surface area contributed by atoms with Crippen molar-refractivity contribution in [3.8, 4) is 5.69 Å². The Bertz CT molecular complexity index is 1380. The smallest absolute Gasteiger partial charge is 0.344 e. The van der Waals surface area contributed by atoms with Crippen LogP contribution in [0.4, 0.5) is 4.39 Å².